The van der Waals surface area contributed by atoms with Gasteiger partial charge in [0.05, 0.1) is 17.0 Å². The minimum Gasteiger partial charge on any atom is -0.464 e. The Balaban J connectivity index is 2.07. The molecule has 0 aliphatic rings. The number of amides is 1. The van der Waals surface area contributed by atoms with Crippen molar-refractivity contribution in [2.24, 2.45) is 0 Å². The number of aryl methyl sites for hydroxylation is 1. The second kappa shape index (κ2) is 8.45. The summed E-state index contributed by atoms with van der Waals surface area (Å²) in [7, 11) is -2.11. The fourth-order valence-corrected chi connectivity index (χ4v) is 4.85. The lowest BCUT2D eigenvalue weighted by molar-refractivity contribution is 0.0776. The van der Waals surface area contributed by atoms with Crippen LogP contribution in [0.25, 0.3) is 10.9 Å². The Labute approximate surface area is 175 Å². The largest absolute Gasteiger partial charge is 0.464 e. The molecule has 3 rings (SSSR count). The molecule has 1 N–H and O–H groups in total. The molecule has 0 aliphatic carbocycles. The van der Waals surface area contributed by atoms with E-state index in [1.807, 2.05) is 6.92 Å². The lowest BCUT2D eigenvalue weighted by Gasteiger charge is -2.20. The zero-order chi connectivity index (χ0) is 22.1. The van der Waals surface area contributed by atoms with E-state index in [0.29, 0.717) is 29.8 Å². The van der Waals surface area contributed by atoms with Crippen molar-refractivity contribution in [3.05, 3.63) is 63.8 Å². The van der Waals surface area contributed by atoms with Gasteiger partial charge in [-0.2, -0.15) is 4.31 Å². The van der Waals surface area contributed by atoms with Crippen molar-refractivity contribution in [3.63, 3.8) is 0 Å². The highest BCUT2D eigenvalue weighted by atomic mass is 32.2. The maximum Gasteiger partial charge on any atom is 0.254 e. The Kier molecular flexibility index (Phi) is 6.14. The molecule has 0 fully saturated rings. The molecule has 0 radical (unpaired) electrons. The summed E-state index contributed by atoms with van der Waals surface area (Å²) < 4.78 is 32.7. The van der Waals surface area contributed by atoms with E-state index in [2.05, 4.69) is 4.98 Å². The number of nitrogens with one attached hydrogen (secondary N) is 1. The van der Waals surface area contributed by atoms with E-state index < -0.39 is 21.5 Å². The molecule has 0 spiro atoms. The lowest BCUT2D eigenvalue weighted by atomic mass is 10.1. The molecule has 0 atom stereocenters. The first-order valence-corrected chi connectivity index (χ1v) is 11.1. The molecule has 1 amide bonds. The molecule has 8 nitrogen and oxygen atoms in total. The number of sulfonamides is 1. The molecular weight excluding hydrogens is 406 g/mol. The van der Waals surface area contributed by atoms with Crippen LogP contribution < -0.4 is 5.56 Å². The zero-order valence-corrected chi connectivity index (χ0v) is 18.2. The molecule has 0 saturated carbocycles. The molecule has 3 aromatic rings. The summed E-state index contributed by atoms with van der Waals surface area (Å²) in [6.45, 7) is 6.23. The van der Waals surface area contributed by atoms with Crippen LogP contribution in [0.3, 0.4) is 0 Å². The van der Waals surface area contributed by atoms with Gasteiger partial charge in [-0.25, -0.2) is 8.42 Å². The van der Waals surface area contributed by atoms with Crippen LogP contribution in [0.2, 0.25) is 0 Å². The smallest absolute Gasteiger partial charge is 0.254 e. The summed E-state index contributed by atoms with van der Waals surface area (Å²) in [5.41, 5.74) is 0.0927. The van der Waals surface area contributed by atoms with Gasteiger partial charge in [-0.1, -0.05) is 13.8 Å². The number of hydrogen-bond donors (Lipinski definition) is 1. The summed E-state index contributed by atoms with van der Waals surface area (Å²) in [5.74, 6) is 0.943. The van der Waals surface area contributed by atoms with Crippen molar-refractivity contribution < 1.29 is 17.6 Å². The predicted molar refractivity (Wildman–Crippen MR) is 114 cm³/mol. The van der Waals surface area contributed by atoms with Crippen molar-refractivity contribution in [3.8, 4) is 0 Å². The minimum absolute atomic E-state index is 0.0733. The number of rotatable bonds is 7. The van der Waals surface area contributed by atoms with E-state index >= 15 is 0 Å². The van der Waals surface area contributed by atoms with Gasteiger partial charge in [0.15, 0.2) is 0 Å². The van der Waals surface area contributed by atoms with E-state index in [-0.39, 0.29) is 17.0 Å². The third-order valence-electron chi connectivity index (χ3n) is 4.92. The van der Waals surface area contributed by atoms with Crippen LogP contribution >= 0.6 is 0 Å². The molecule has 9 heteroatoms. The predicted octanol–water partition coefficient (Wildman–Crippen LogP) is 2.73. The fourth-order valence-electron chi connectivity index (χ4n) is 3.36. The highest BCUT2D eigenvalue weighted by molar-refractivity contribution is 7.89. The molecule has 30 heavy (non-hydrogen) atoms. The summed E-state index contributed by atoms with van der Waals surface area (Å²) in [6.07, 6.45) is 0. The maximum absolute atomic E-state index is 13.1. The van der Waals surface area contributed by atoms with E-state index in [4.69, 9.17) is 4.42 Å². The molecule has 0 bridgehead atoms. The van der Waals surface area contributed by atoms with Crippen molar-refractivity contribution in [2.45, 2.75) is 32.2 Å². The second-order valence-electron chi connectivity index (χ2n) is 7.02. The number of aromatic nitrogens is 1. The van der Waals surface area contributed by atoms with Crippen LogP contribution in [0.1, 0.15) is 35.7 Å². The molecule has 0 saturated heterocycles. The van der Waals surface area contributed by atoms with E-state index in [1.54, 1.807) is 33.0 Å². The lowest BCUT2D eigenvalue weighted by Crippen LogP contribution is -2.30. The first kappa shape index (κ1) is 21.8. The normalized spacial score (nSPS) is 11.9. The number of pyridine rings is 1. The number of benzene rings is 1. The first-order valence-electron chi connectivity index (χ1n) is 9.65. The van der Waals surface area contributed by atoms with Gasteiger partial charge in [0.25, 0.3) is 5.91 Å². The van der Waals surface area contributed by atoms with E-state index in [0.717, 1.165) is 5.76 Å². The third-order valence-corrected chi connectivity index (χ3v) is 6.97. The topological polar surface area (TPSA) is 104 Å². The first-order chi connectivity index (χ1) is 14.2. The van der Waals surface area contributed by atoms with E-state index in [9.17, 15) is 18.0 Å². The van der Waals surface area contributed by atoms with Gasteiger partial charge >= 0.3 is 0 Å². The van der Waals surface area contributed by atoms with Gasteiger partial charge < -0.3 is 14.3 Å². The Morgan fingerprint density at radius 1 is 1.10 bits per heavy atom. The van der Waals surface area contributed by atoms with Crippen LogP contribution in [0.5, 0.6) is 0 Å². The van der Waals surface area contributed by atoms with Crippen LogP contribution in [-0.2, 0) is 16.6 Å². The monoisotopic (exact) mass is 431 g/mol. The van der Waals surface area contributed by atoms with Gasteiger partial charge in [0, 0.05) is 37.1 Å². The molecule has 2 heterocycles. The number of nitrogens with zero attached hydrogens (tertiary/aromatic N) is 2. The number of carbonyl (C=O) groups excluding carboxylic acids is 1. The van der Waals surface area contributed by atoms with Gasteiger partial charge in [-0.3, -0.25) is 9.59 Å². The van der Waals surface area contributed by atoms with Crippen LogP contribution in [0.4, 0.5) is 0 Å². The number of fused-ring (bicyclic) bond motifs is 1. The number of furan rings is 1. The zero-order valence-electron chi connectivity index (χ0n) is 17.4. The number of aromatic amines is 1. The Morgan fingerprint density at radius 3 is 2.40 bits per heavy atom. The van der Waals surface area contributed by atoms with Crippen LogP contribution in [0, 0.1) is 6.92 Å². The standard InChI is InChI=1S/C21H25N3O5S/c1-5-24(6-2)30(27,28)16-9-10-19-17(11-16)18(12-20(25)22-19)21(26)23(4)13-15-8-7-14(3)29-15/h7-12H,5-6,13H2,1-4H3,(H,22,25). The average Bonchev–Trinajstić information content (AvgIpc) is 3.11. The van der Waals surface area contributed by atoms with Crippen molar-refractivity contribution >= 4 is 26.8 Å². The minimum atomic E-state index is -3.71. The Bertz CT molecular complexity index is 1240. The van der Waals surface area contributed by atoms with Gasteiger partial charge in [0.2, 0.25) is 15.6 Å². The maximum atomic E-state index is 13.1. The quantitative estimate of drug-likeness (QED) is 0.619. The summed E-state index contributed by atoms with van der Waals surface area (Å²) in [5, 5.41) is 0.371. The highest BCUT2D eigenvalue weighted by Crippen LogP contribution is 2.24. The van der Waals surface area contributed by atoms with Gasteiger partial charge in [0.1, 0.15) is 11.5 Å². The Morgan fingerprint density at radius 2 is 1.80 bits per heavy atom. The Hall–Kier alpha value is -2.91. The average molecular weight is 432 g/mol. The third kappa shape index (κ3) is 4.17. The summed E-state index contributed by atoms with van der Waals surface area (Å²) in [6, 6.07) is 9.18. The molecule has 0 aliphatic heterocycles. The van der Waals surface area contributed by atoms with Crippen LogP contribution in [-0.4, -0.2) is 48.7 Å². The summed E-state index contributed by atoms with van der Waals surface area (Å²) >= 11 is 0. The number of H-pyrrole nitrogens is 1. The molecular formula is C21H25N3O5S. The highest BCUT2D eigenvalue weighted by Gasteiger charge is 2.24. The molecule has 0 unspecified atom stereocenters. The van der Waals surface area contributed by atoms with Gasteiger partial charge in [-0.15, -0.1) is 0 Å². The van der Waals surface area contributed by atoms with Crippen molar-refractivity contribution in [2.75, 3.05) is 20.1 Å². The van der Waals surface area contributed by atoms with Crippen molar-refractivity contribution in [1.29, 1.82) is 0 Å². The number of carbonyl (C=O) groups is 1. The SMILES string of the molecule is CCN(CC)S(=O)(=O)c1ccc2[nH]c(=O)cc(C(=O)N(C)Cc3ccc(C)o3)c2c1. The fraction of sp³-hybridized carbons (Fsp3) is 0.333. The molecule has 2 aromatic heterocycles. The van der Waals surface area contributed by atoms with Crippen molar-refractivity contribution in [1.82, 2.24) is 14.2 Å². The molecule has 160 valence electrons. The van der Waals surface area contributed by atoms with E-state index in [1.165, 1.54) is 33.5 Å². The summed E-state index contributed by atoms with van der Waals surface area (Å²) in [4.78, 5) is 29.4. The second-order valence-corrected chi connectivity index (χ2v) is 8.96. The van der Waals surface area contributed by atoms with Gasteiger partial charge in [-0.05, 0) is 37.3 Å². The number of hydrogen-bond acceptors (Lipinski definition) is 5. The molecule has 1 aromatic carbocycles. The van der Waals surface area contributed by atoms with Crippen LogP contribution in [0.15, 0.2) is 50.5 Å².